The van der Waals surface area contributed by atoms with Crippen molar-refractivity contribution in [2.24, 2.45) is 0 Å². The van der Waals surface area contributed by atoms with Crippen LogP contribution < -0.4 is 16.0 Å². The number of aliphatic carboxylic acids is 2. The van der Waals surface area contributed by atoms with E-state index in [1.807, 2.05) is 0 Å². The molecule has 1 saturated carbocycles. The zero-order valence-corrected chi connectivity index (χ0v) is 13.3. The lowest BCUT2D eigenvalue weighted by Gasteiger charge is -2.46. The van der Waals surface area contributed by atoms with Gasteiger partial charge in [-0.2, -0.15) is 0 Å². The first kappa shape index (κ1) is 21.7. The summed E-state index contributed by atoms with van der Waals surface area (Å²) in [5.74, 6) is -2.47. The summed E-state index contributed by atoms with van der Waals surface area (Å²) in [5.41, 5.74) is 0. The van der Waals surface area contributed by atoms with Crippen LogP contribution in [-0.4, -0.2) is 116 Å². The summed E-state index contributed by atoms with van der Waals surface area (Å²) in [7, 11) is 0. The van der Waals surface area contributed by atoms with Crippen molar-refractivity contribution in [3.8, 4) is 0 Å². The normalized spacial score (nSPS) is 33.8. The Bertz CT molecular complexity index is 420. The fourth-order valence-corrected chi connectivity index (χ4v) is 2.75. The van der Waals surface area contributed by atoms with Crippen LogP contribution in [-0.2, 0) is 9.59 Å². The van der Waals surface area contributed by atoms with Crippen molar-refractivity contribution >= 4 is 11.9 Å². The number of hydrogen-bond acceptors (Lipinski definition) is 10. The van der Waals surface area contributed by atoms with Crippen LogP contribution in [0.3, 0.4) is 0 Å². The smallest absolute Gasteiger partial charge is 0.317 e. The first-order chi connectivity index (χ1) is 11.7. The molecule has 1 aliphatic rings. The lowest BCUT2D eigenvalue weighted by molar-refractivity contribution is -0.138. The molecule has 0 aromatic heterocycles. The molecule has 0 spiro atoms. The first-order valence-electron chi connectivity index (χ1n) is 7.65. The molecule has 0 aromatic carbocycles. The van der Waals surface area contributed by atoms with Crippen molar-refractivity contribution in [1.29, 1.82) is 0 Å². The van der Waals surface area contributed by atoms with Crippen molar-refractivity contribution in [3.63, 3.8) is 0 Å². The van der Waals surface area contributed by atoms with E-state index in [1.54, 1.807) is 0 Å². The molecule has 1 fully saturated rings. The zero-order chi connectivity index (χ0) is 19.1. The minimum absolute atomic E-state index is 0.192. The van der Waals surface area contributed by atoms with E-state index in [0.29, 0.717) is 0 Å². The van der Waals surface area contributed by atoms with Gasteiger partial charge >= 0.3 is 11.9 Å². The molecule has 0 aliphatic heterocycles. The molecule has 10 N–H and O–H groups in total. The topological polar surface area (TPSA) is 212 Å². The van der Waals surface area contributed by atoms with E-state index in [1.165, 1.54) is 0 Å². The molecular formula is C13H25N3O9. The number of carbonyl (C=O) groups is 2. The van der Waals surface area contributed by atoms with Crippen molar-refractivity contribution < 1.29 is 45.3 Å². The van der Waals surface area contributed by atoms with E-state index < -0.39 is 74.2 Å². The van der Waals surface area contributed by atoms with Crippen molar-refractivity contribution in [2.75, 3.05) is 26.2 Å². The molecule has 12 heteroatoms. The third-order valence-corrected chi connectivity index (χ3v) is 3.99. The van der Waals surface area contributed by atoms with E-state index in [-0.39, 0.29) is 6.54 Å². The van der Waals surface area contributed by atoms with Crippen LogP contribution in [0.4, 0.5) is 0 Å². The van der Waals surface area contributed by atoms with Gasteiger partial charge in [-0.3, -0.25) is 20.2 Å². The first-order valence-corrected chi connectivity index (χ1v) is 7.65. The molecule has 12 nitrogen and oxygen atoms in total. The summed E-state index contributed by atoms with van der Waals surface area (Å²) in [5, 5.41) is 74.2. The molecular weight excluding hydrogens is 342 g/mol. The highest BCUT2D eigenvalue weighted by Gasteiger charge is 2.49. The molecule has 0 aromatic rings. The fraction of sp³-hybridized carbons (Fsp3) is 0.846. The second-order valence-electron chi connectivity index (χ2n) is 5.84. The molecule has 5 unspecified atom stereocenters. The van der Waals surface area contributed by atoms with E-state index in [9.17, 15) is 30.0 Å². The molecule has 0 saturated heterocycles. The Kier molecular flexibility index (Phi) is 8.61. The SMILES string of the molecule is O=C(O)CNC1C(O)C(NCC(=O)O)C(O)C(NCC(O)CO)C1O. The van der Waals surface area contributed by atoms with Crippen LogP contribution in [0, 0.1) is 0 Å². The van der Waals surface area contributed by atoms with Gasteiger partial charge in [0, 0.05) is 6.54 Å². The summed E-state index contributed by atoms with van der Waals surface area (Å²) >= 11 is 0. The highest BCUT2D eigenvalue weighted by Crippen LogP contribution is 2.22. The fourth-order valence-electron chi connectivity index (χ4n) is 2.75. The Hall–Kier alpha value is -1.38. The summed E-state index contributed by atoms with van der Waals surface area (Å²) in [6, 6.07) is -3.49. The number of carboxylic acids is 2. The van der Waals surface area contributed by atoms with Crippen molar-refractivity contribution in [1.82, 2.24) is 16.0 Å². The molecule has 1 rings (SSSR count). The average Bonchev–Trinajstić information content (AvgIpc) is 2.53. The Labute approximate surface area is 143 Å². The van der Waals surface area contributed by atoms with E-state index in [4.69, 9.17) is 15.3 Å². The largest absolute Gasteiger partial charge is 0.480 e. The predicted octanol–water partition coefficient (Wildman–Crippen LogP) is -5.52. The van der Waals surface area contributed by atoms with Gasteiger partial charge in [0.1, 0.15) is 0 Å². The van der Waals surface area contributed by atoms with Crippen LogP contribution in [0.15, 0.2) is 0 Å². The number of aliphatic hydroxyl groups excluding tert-OH is 5. The van der Waals surface area contributed by atoms with Gasteiger partial charge in [0.15, 0.2) is 0 Å². The molecule has 0 heterocycles. The molecule has 0 bridgehead atoms. The molecule has 146 valence electrons. The van der Waals surface area contributed by atoms with Crippen molar-refractivity contribution in [2.45, 2.75) is 42.5 Å². The highest BCUT2D eigenvalue weighted by atomic mass is 16.4. The lowest BCUT2D eigenvalue weighted by Crippen LogP contribution is -2.74. The van der Waals surface area contributed by atoms with E-state index in [2.05, 4.69) is 16.0 Å². The second kappa shape index (κ2) is 9.94. The van der Waals surface area contributed by atoms with Crippen LogP contribution in [0.1, 0.15) is 0 Å². The zero-order valence-electron chi connectivity index (χ0n) is 13.3. The number of nitrogens with one attached hydrogen (secondary N) is 3. The maximum atomic E-state index is 10.7. The molecule has 5 atom stereocenters. The maximum absolute atomic E-state index is 10.7. The van der Waals surface area contributed by atoms with E-state index in [0.717, 1.165) is 0 Å². The predicted molar refractivity (Wildman–Crippen MR) is 81.8 cm³/mol. The minimum Gasteiger partial charge on any atom is -0.480 e. The number of hydrogen-bond donors (Lipinski definition) is 10. The van der Waals surface area contributed by atoms with E-state index >= 15 is 0 Å². The van der Waals surface area contributed by atoms with Gasteiger partial charge in [-0.1, -0.05) is 0 Å². The number of aliphatic hydroxyl groups is 5. The summed E-state index contributed by atoms with van der Waals surface area (Å²) in [4.78, 5) is 21.4. The third-order valence-electron chi connectivity index (χ3n) is 3.99. The molecule has 0 radical (unpaired) electrons. The number of rotatable bonds is 10. The lowest BCUT2D eigenvalue weighted by atomic mass is 9.79. The van der Waals surface area contributed by atoms with Crippen LogP contribution in [0.25, 0.3) is 0 Å². The average molecular weight is 367 g/mol. The molecule has 0 amide bonds. The monoisotopic (exact) mass is 367 g/mol. The Morgan fingerprint density at radius 2 is 1.16 bits per heavy atom. The van der Waals surface area contributed by atoms with Gasteiger partial charge in [-0.25, -0.2) is 0 Å². The Morgan fingerprint density at radius 1 is 0.800 bits per heavy atom. The summed E-state index contributed by atoms with van der Waals surface area (Å²) in [6.45, 7) is -1.91. The maximum Gasteiger partial charge on any atom is 0.317 e. The van der Waals surface area contributed by atoms with Crippen LogP contribution in [0.2, 0.25) is 0 Å². The van der Waals surface area contributed by atoms with Gasteiger partial charge in [0.2, 0.25) is 0 Å². The molecule has 1 aliphatic carbocycles. The van der Waals surface area contributed by atoms with Gasteiger partial charge < -0.3 is 41.1 Å². The van der Waals surface area contributed by atoms with Gasteiger partial charge in [-0.15, -0.1) is 0 Å². The van der Waals surface area contributed by atoms with Crippen molar-refractivity contribution in [3.05, 3.63) is 0 Å². The Balaban J connectivity index is 2.92. The molecule has 25 heavy (non-hydrogen) atoms. The Morgan fingerprint density at radius 3 is 1.48 bits per heavy atom. The van der Waals surface area contributed by atoms with Crippen LogP contribution >= 0.6 is 0 Å². The van der Waals surface area contributed by atoms with Gasteiger partial charge in [0.25, 0.3) is 0 Å². The second-order valence-corrected chi connectivity index (χ2v) is 5.84. The minimum atomic E-state index is -1.48. The summed E-state index contributed by atoms with van der Waals surface area (Å²) < 4.78 is 0. The third kappa shape index (κ3) is 6.13. The van der Waals surface area contributed by atoms with Crippen LogP contribution in [0.5, 0.6) is 0 Å². The quantitative estimate of drug-likeness (QED) is 0.175. The highest BCUT2D eigenvalue weighted by molar-refractivity contribution is 5.69. The number of carboxylic acid groups (broad SMARTS) is 2. The van der Waals surface area contributed by atoms with Gasteiger partial charge in [-0.05, 0) is 0 Å². The standard InChI is InChI=1S/C13H25N3O9/c17-4-5(18)1-14-8-11(23)9(15-2-6(19)20)13(25)10(12(8)24)16-3-7(21)22/h5,8-18,23-25H,1-4H2,(H,19,20)(H,21,22). The van der Waals surface area contributed by atoms with Gasteiger partial charge in [0.05, 0.1) is 62.2 Å². The summed E-state index contributed by atoms with van der Waals surface area (Å²) in [6.07, 6.45) is -5.54.